The van der Waals surface area contributed by atoms with E-state index in [1.807, 2.05) is 41.5 Å². The Balaban J connectivity index is 4.95. The Morgan fingerprint density at radius 1 is 1.07 bits per heavy atom. The zero-order valence-corrected chi connectivity index (χ0v) is 18.8. The van der Waals surface area contributed by atoms with Gasteiger partial charge >= 0.3 is 6.09 Å². The summed E-state index contributed by atoms with van der Waals surface area (Å²) in [5.41, 5.74) is -1.06. The number of ether oxygens (including phenoxy) is 1. The molecule has 0 aliphatic heterocycles. The van der Waals surface area contributed by atoms with Crippen molar-refractivity contribution in [1.29, 1.82) is 0 Å². The second kappa shape index (κ2) is 11.4. The molecule has 1 amide bonds. The van der Waals surface area contributed by atoms with Gasteiger partial charge in [-0.05, 0) is 47.0 Å². The first-order chi connectivity index (χ1) is 12.4. The van der Waals surface area contributed by atoms with E-state index in [9.17, 15) is 13.2 Å². The third-order valence-corrected chi connectivity index (χ3v) is 5.02. The van der Waals surface area contributed by atoms with Gasteiger partial charge in [-0.1, -0.05) is 13.8 Å². The molecule has 0 atom stereocenters. The van der Waals surface area contributed by atoms with Crippen molar-refractivity contribution in [2.75, 3.05) is 31.6 Å². The van der Waals surface area contributed by atoms with E-state index in [0.29, 0.717) is 44.9 Å². The summed E-state index contributed by atoms with van der Waals surface area (Å²) in [5, 5.41) is 9.24. The third kappa shape index (κ3) is 12.5. The summed E-state index contributed by atoms with van der Waals surface area (Å²) < 4.78 is 27.8. The molecule has 0 aromatic carbocycles. The van der Waals surface area contributed by atoms with Crippen LogP contribution in [0.4, 0.5) is 4.79 Å². The van der Waals surface area contributed by atoms with Crippen molar-refractivity contribution < 1.29 is 17.9 Å². The molecule has 0 fully saturated rings. The SMILES string of the molecule is CCNC(=NCC(CC)(CC)NC(=O)OC(C)(C)C)NCCCS(C)(=O)=O. The number of carbonyl (C=O) groups excluding carboxylic acids is 1. The molecule has 0 aliphatic carbocycles. The van der Waals surface area contributed by atoms with E-state index in [0.717, 1.165) is 0 Å². The molecule has 27 heavy (non-hydrogen) atoms. The van der Waals surface area contributed by atoms with Crippen LogP contribution in [0.25, 0.3) is 0 Å². The molecule has 0 spiro atoms. The largest absolute Gasteiger partial charge is 0.444 e. The molecule has 8 nitrogen and oxygen atoms in total. The van der Waals surface area contributed by atoms with E-state index >= 15 is 0 Å². The van der Waals surface area contributed by atoms with Crippen LogP contribution >= 0.6 is 0 Å². The summed E-state index contributed by atoms with van der Waals surface area (Å²) in [6.07, 6.45) is 2.70. The number of sulfone groups is 1. The lowest BCUT2D eigenvalue weighted by Gasteiger charge is -2.32. The van der Waals surface area contributed by atoms with Crippen LogP contribution in [0, 0.1) is 0 Å². The first-order valence-electron chi connectivity index (χ1n) is 9.57. The van der Waals surface area contributed by atoms with Gasteiger partial charge in [-0.15, -0.1) is 0 Å². The van der Waals surface area contributed by atoms with Gasteiger partial charge in [0, 0.05) is 19.3 Å². The number of aliphatic imine (C=N–C) groups is 1. The number of hydrogen-bond acceptors (Lipinski definition) is 5. The fourth-order valence-corrected chi connectivity index (χ4v) is 2.99. The highest BCUT2D eigenvalue weighted by atomic mass is 32.2. The topological polar surface area (TPSA) is 109 Å². The van der Waals surface area contributed by atoms with Gasteiger partial charge in [0.15, 0.2) is 5.96 Å². The van der Waals surface area contributed by atoms with Crippen LogP contribution in [0.5, 0.6) is 0 Å². The van der Waals surface area contributed by atoms with E-state index in [1.54, 1.807) is 0 Å². The number of hydrogen-bond donors (Lipinski definition) is 3. The monoisotopic (exact) mass is 406 g/mol. The molecule has 0 bridgehead atoms. The van der Waals surface area contributed by atoms with E-state index < -0.39 is 27.1 Å². The second-order valence-corrected chi connectivity index (χ2v) is 9.98. The molecule has 3 N–H and O–H groups in total. The predicted octanol–water partition coefficient (Wildman–Crippen LogP) is 2.06. The molecular weight excluding hydrogens is 368 g/mol. The van der Waals surface area contributed by atoms with Gasteiger partial charge in [0.1, 0.15) is 15.4 Å². The Bertz CT molecular complexity index is 579. The van der Waals surface area contributed by atoms with Crippen LogP contribution in [0.1, 0.15) is 60.8 Å². The summed E-state index contributed by atoms with van der Waals surface area (Å²) in [5.74, 6) is 0.733. The number of nitrogens with zero attached hydrogens (tertiary/aromatic N) is 1. The lowest BCUT2D eigenvalue weighted by atomic mass is 9.93. The molecule has 0 saturated heterocycles. The second-order valence-electron chi connectivity index (χ2n) is 7.72. The number of amides is 1. The summed E-state index contributed by atoms with van der Waals surface area (Å²) in [6.45, 7) is 13.0. The van der Waals surface area contributed by atoms with E-state index in [4.69, 9.17) is 4.74 Å². The molecule has 0 saturated carbocycles. The van der Waals surface area contributed by atoms with Crippen molar-refractivity contribution in [2.24, 2.45) is 4.99 Å². The van der Waals surface area contributed by atoms with Crippen molar-refractivity contribution in [2.45, 2.75) is 71.9 Å². The van der Waals surface area contributed by atoms with Gasteiger partial charge in [-0.25, -0.2) is 13.2 Å². The minimum absolute atomic E-state index is 0.132. The lowest BCUT2D eigenvalue weighted by Crippen LogP contribution is -2.52. The number of nitrogens with one attached hydrogen (secondary N) is 3. The maximum absolute atomic E-state index is 12.2. The van der Waals surface area contributed by atoms with Crippen molar-refractivity contribution in [3.05, 3.63) is 0 Å². The van der Waals surface area contributed by atoms with Gasteiger partial charge in [-0.3, -0.25) is 4.99 Å². The highest BCUT2D eigenvalue weighted by Crippen LogP contribution is 2.17. The summed E-state index contributed by atoms with van der Waals surface area (Å²) >= 11 is 0. The number of rotatable bonds is 10. The van der Waals surface area contributed by atoms with Crippen LogP contribution in [-0.2, 0) is 14.6 Å². The molecule has 0 rings (SSSR count). The Morgan fingerprint density at radius 3 is 2.11 bits per heavy atom. The number of alkyl carbamates (subject to hydrolysis) is 1. The molecule has 160 valence electrons. The minimum atomic E-state index is -2.97. The van der Waals surface area contributed by atoms with Crippen molar-refractivity contribution in [3.8, 4) is 0 Å². The Hall–Kier alpha value is -1.51. The summed E-state index contributed by atoms with van der Waals surface area (Å²) in [4.78, 5) is 16.8. The number of carbonyl (C=O) groups is 1. The minimum Gasteiger partial charge on any atom is -0.444 e. The summed E-state index contributed by atoms with van der Waals surface area (Å²) in [7, 11) is -2.97. The molecule has 0 aromatic heterocycles. The van der Waals surface area contributed by atoms with Crippen LogP contribution in [0.3, 0.4) is 0 Å². The smallest absolute Gasteiger partial charge is 0.408 e. The maximum Gasteiger partial charge on any atom is 0.408 e. The first-order valence-corrected chi connectivity index (χ1v) is 11.6. The molecule has 0 aromatic rings. The van der Waals surface area contributed by atoms with Gasteiger partial charge in [0.05, 0.1) is 17.8 Å². The maximum atomic E-state index is 12.2. The van der Waals surface area contributed by atoms with Gasteiger partial charge < -0.3 is 20.7 Å². The van der Waals surface area contributed by atoms with Gasteiger partial charge in [0.2, 0.25) is 0 Å². The van der Waals surface area contributed by atoms with Crippen molar-refractivity contribution >= 4 is 21.9 Å². The van der Waals surface area contributed by atoms with Gasteiger partial charge in [0.25, 0.3) is 0 Å². The molecule has 0 aliphatic rings. The summed E-state index contributed by atoms with van der Waals surface area (Å²) in [6, 6.07) is 0. The number of guanidine groups is 1. The van der Waals surface area contributed by atoms with Crippen LogP contribution in [-0.4, -0.2) is 63.3 Å². The molecule has 9 heteroatoms. The quantitative estimate of drug-likeness (QED) is 0.291. The molecule has 0 unspecified atom stereocenters. The van der Waals surface area contributed by atoms with Crippen LogP contribution in [0.15, 0.2) is 4.99 Å². The fraction of sp³-hybridized carbons (Fsp3) is 0.889. The van der Waals surface area contributed by atoms with Crippen molar-refractivity contribution in [3.63, 3.8) is 0 Å². The standard InChI is InChI=1S/C18H38N4O4S/c1-8-18(9-2,22-16(23)26-17(4,5)6)14-21-15(19-10-3)20-12-11-13-27(7,24)25/h8-14H2,1-7H3,(H,22,23)(H2,19,20,21). The van der Waals surface area contributed by atoms with Crippen LogP contribution in [0.2, 0.25) is 0 Å². The predicted molar refractivity (Wildman–Crippen MR) is 111 cm³/mol. The molecular formula is C18H38N4O4S. The van der Waals surface area contributed by atoms with Crippen molar-refractivity contribution in [1.82, 2.24) is 16.0 Å². The first kappa shape index (κ1) is 25.5. The Kier molecular flexibility index (Phi) is 10.7. The fourth-order valence-electron chi connectivity index (χ4n) is 2.32. The van der Waals surface area contributed by atoms with Gasteiger partial charge in [-0.2, -0.15) is 0 Å². The average molecular weight is 407 g/mol. The lowest BCUT2D eigenvalue weighted by molar-refractivity contribution is 0.0452. The van der Waals surface area contributed by atoms with E-state index in [1.165, 1.54) is 6.26 Å². The normalized spacial score (nSPS) is 13.2. The third-order valence-electron chi connectivity index (χ3n) is 3.99. The zero-order chi connectivity index (χ0) is 21.1. The zero-order valence-electron chi connectivity index (χ0n) is 17.9. The van der Waals surface area contributed by atoms with E-state index in [2.05, 4.69) is 20.9 Å². The Labute approximate surface area is 164 Å². The highest BCUT2D eigenvalue weighted by molar-refractivity contribution is 7.90. The van der Waals surface area contributed by atoms with E-state index in [-0.39, 0.29) is 5.75 Å². The Morgan fingerprint density at radius 2 is 1.67 bits per heavy atom. The molecule has 0 heterocycles. The molecule has 0 radical (unpaired) electrons. The highest BCUT2D eigenvalue weighted by Gasteiger charge is 2.30. The van der Waals surface area contributed by atoms with Crippen LogP contribution < -0.4 is 16.0 Å². The average Bonchev–Trinajstić information content (AvgIpc) is 2.52.